The van der Waals surface area contributed by atoms with Crippen molar-refractivity contribution in [1.82, 2.24) is 0 Å². The normalized spacial score (nSPS) is 10.2. The molecule has 29 heavy (non-hydrogen) atoms. The summed E-state index contributed by atoms with van der Waals surface area (Å²) in [5, 5.41) is 5.39. The van der Waals surface area contributed by atoms with Gasteiger partial charge >= 0.3 is 6.09 Å². The van der Waals surface area contributed by atoms with E-state index in [1.165, 1.54) is 12.1 Å². The second-order valence-corrected chi connectivity index (χ2v) is 6.39. The van der Waals surface area contributed by atoms with Crippen molar-refractivity contribution in [2.45, 2.75) is 13.2 Å². The highest BCUT2D eigenvalue weighted by molar-refractivity contribution is 6.06. The molecule has 0 spiro atoms. The first-order chi connectivity index (χ1) is 14.0. The molecule has 3 aromatic rings. The lowest BCUT2D eigenvalue weighted by Gasteiger charge is -2.11. The minimum atomic E-state index is -0.638. The first-order valence-electron chi connectivity index (χ1n) is 9.02. The number of hydrogen-bond acceptors (Lipinski definition) is 5. The van der Waals surface area contributed by atoms with Gasteiger partial charge in [0, 0.05) is 29.2 Å². The first kappa shape index (κ1) is 19.9. The van der Waals surface area contributed by atoms with Gasteiger partial charge in [0.2, 0.25) is 0 Å². The summed E-state index contributed by atoms with van der Waals surface area (Å²) in [4.78, 5) is 24.6. The Hall–Kier alpha value is -3.84. The van der Waals surface area contributed by atoms with Gasteiger partial charge in [0.1, 0.15) is 6.61 Å². The van der Waals surface area contributed by atoms with E-state index in [0.717, 1.165) is 11.1 Å². The number of ether oxygens (including phenoxy) is 1. The van der Waals surface area contributed by atoms with Crippen LogP contribution < -0.4 is 22.1 Å². The maximum atomic E-state index is 12.6. The third kappa shape index (κ3) is 5.82. The van der Waals surface area contributed by atoms with Gasteiger partial charge in [0.15, 0.2) is 0 Å². The lowest BCUT2D eigenvalue weighted by Crippen LogP contribution is -2.16. The van der Waals surface area contributed by atoms with E-state index in [0.29, 0.717) is 29.2 Å². The van der Waals surface area contributed by atoms with Crippen LogP contribution >= 0.6 is 0 Å². The van der Waals surface area contributed by atoms with E-state index in [1.54, 1.807) is 18.2 Å². The van der Waals surface area contributed by atoms with Crippen LogP contribution in [0.15, 0.2) is 72.8 Å². The Kier molecular flexibility index (Phi) is 6.44. The van der Waals surface area contributed by atoms with Crippen LogP contribution in [0.25, 0.3) is 0 Å². The van der Waals surface area contributed by atoms with Crippen LogP contribution in [0.2, 0.25) is 0 Å². The van der Waals surface area contributed by atoms with Gasteiger partial charge < -0.3 is 21.5 Å². The fraction of sp³-hybridized carbons (Fsp3) is 0.0909. The van der Waals surface area contributed by atoms with Crippen LogP contribution in [-0.2, 0) is 17.9 Å². The van der Waals surface area contributed by atoms with E-state index in [-0.39, 0.29) is 12.5 Å². The number of amides is 2. The second-order valence-electron chi connectivity index (χ2n) is 6.39. The van der Waals surface area contributed by atoms with Gasteiger partial charge in [0.05, 0.1) is 0 Å². The minimum absolute atomic E-state index is 0.139. The lowest BCUT2D eigenvalue weighted by molar-refractivity contribution is 0.102. The second kappa shape index (κ2) is 9.38. The summed E-state index contributed by atoms with van der Waals surface area (Å²) in [6, 6.07) is 21.2. The highest BCUT2D eigenvalue weighted by atomic mass is 16.5. The van der Waals surface area contributed by atoms with E-state index in [1.807, 2.05) is 42.5 Å². The number of rotatable bonds is 6. The largest absolute Gasteiger partial charge is 0.444 e. The topological polar surface area (TPSA) is 119 Å². The van der Waals surface area contributed by atoms with E-state index in [2.05, 4.69) is 10.6 Å². The number of benzene rings is 3. The molecular formula is C22H22N4O3. The van der Waals surface area contributed by atoms with Crippen LogP contribution in [0.1, 0.15) is 21.5 Å². The molecule has 7 nitrogen and oxygen atoms in total. The molecule has 7 heteroatoms. The van der Waals surface area contributed by atoms with Crippen LogP contribution in [0.5, 0.6) is 0 Å². The average molecular weight is 390 g/mol. The van der Waals surface area contributed by atoms with E-state index in [9.17, 15) is 9.59 Å². The van der Waals surface area contributed by atoms with Crippen molar-refractivity contribution in [3.8, 4) is 0 Å². The van der Waals surface area contributed by atoms with Crippen LogP contribution in [0.3, 0.4) is 0 Å². The Labute approximate surface area is 168 Å². The molecule has 0 aliphatic heterocycles. The summed E-state index contributed by atoms with van der Waals surface area (Å²) >= 11 is 0. The standard InChI is InChI=1S/C22H22N4O3/c23-13-16-7-4-8-19(9-16)25-21(27)17-10-18(24)12-20(11-17)26-22(28)29-14-15-5-2-1-3-6-15/h1-12H,13-14,23-24H2,(H,25,27)(H,26,28). The summed E-state index contributed by atoms with van der Waals surface area (Å²) < 4.78 is 5.19. The molecule has 0 aliphatic carbocycles. The predicted octanol–water partition coefficient (Wildman–Crippen LogP) is 3.73. The molecule has 0 saturated heterocycles. The summed E-state index contributed by atoms with van der Waals surface area (Å²) in [6.07, 6.45) is -0.638. The monoisotopic (exact) mass is 390 g/mol. The minimum Gasteiger partial charge on any atom is -0.444 e. The lowest BCUT2D eigenvalue weighted by atomic mass is 10.1. The number of nitrogens with one attached hydrogen (secondary N) is 2. The Morgan fingerprint density at radius 1 is 0.828 bits per heavy atom. The smallest absolute Gasteiger partial charge is 0.411 e. The fourth-order valence-corrected chi connectivity index (χ4v) is 2.71. The van der Waals surface area contributed by atoms with E-state index < -0.39 is 6.09 Å². The third-order valence-electron chi connectivity index (χ3n) is 4.10. The van der Waals surface area contributed by atoms with Gasteiger partial charge in [-0.25, -0.2) is 4.79 Å². The number of carbonyl (C=O) groups excluding carboxylic acids is 2. The molecule has 0 atom stereocenters. The SMILES string of the molecule is NCc1cccc(NC(=O)c2cc(N)cc(NC(=O)OCc3ccccc3)c2)c1. The van der Waals surface area contributed by atoms with Crippen molar-refractivity contribution < 1.29 is 14.3 Å². The van der Waals surface area contributed by atoms with Gasteiger partial charge in [0.25, 0.3) is 5.91 Å². The Morgan fingerprint density at radius 2 is 1.59 bits per heavy atom. The molecule has 0 radical (unpaired) electrons. The van der Waals surface area contributed by atoms with Crippen LogP contribution in [-0.4, -0.2) is 12.0 Å². The molecule has 0 unspecified atom stereocenters. The zero-order chi connectivity index (χ0) is 20.6. The summed E-state index contributed by atoms with van der Waals surface area (Å²) in [5.74, 6) is -0.354. The van der Waals surface area contributed by atoms with E-state index in [4.69, 9.17) is 16.2 Å². The van der Waals surface area contributed by atoms with Crippen molar-refractivity contribution in [1.29, 1.82) is 0 Å². The summed E-state index contributed by atoms with van der Waals surface area (Å²) in [7, 11) is 0. The molecular weight excluding hydrogens is 368 g/mol. The zero-order valence-electron chi connectivity index (χ0n) is 15.7. The van der Waals surface area contributed by atoms with Gasteiger partial charge in [-0.2, -0.15) is 0 Å². The predicted molar refractivity (Wildman–Crippen MR) is 113 cm³/mol. The van der Waals surface area contributed by atoms with E-state index >= 15 is 0 Å². The number of nitrogen functional groups attached to an aromatic ring is 1. The quantitative estimate of drug-likeness (QED) is 0.478. The molecule has 0 saturated carbocycles. The molecule has 3 aromatic carbocycles. The first-order valence-corrected chi connectivity index (χ1v) is 9.02. The molecule has 0 aromatic heterocycles. The molecule has 3 rings (SSSR count). The van der Waals surface area contributed by atoms with Gasteiger partial charge in [-0.1, -0.05) is 42.5 Å². The highest BCUT2D eigenvalue weighted by Crippen LogP contribution is 2.19. The van der Waals surface area contributed by atoms with Crippen molar-refractivity contribution in [3.05, 3.63) is 89.5 Å². The number of anilines is 3. The maximum Gasteiger partial charge on any atom is 0.411 e. The van der Waals surface area contributed by atoms with Gasteiger partial charge in [-0.3, -0.25) is 10.1 Å². The van der Waals surface area contributed by atoms with Gasteiger partial charge in [-0.05, 0) is 41.5 Å². The third-order valence-corrected chi connectivity index (χ3v) is 4.10. The molecule has 0 bridgehead atoms. The van der Waals surface area contributed by atoms with Crippen molar-refractivity contribution in [2.24, 2.45) is 5.73 Å². The molecule has 0 aliphatic rings. The Morgan fingerprint density at radius 3 is 2.34 bits per heavy atom. The molecule has 148 valence electrons. The average Bonchev–Trinajstić information content (AvgIpc) is 2.72. The van der Waals surface area contributed by atoms with Crippen molar-refractivity contribution in [3.63, 3.8) is 0 Å². The number of hydrogen-bond donors (Lipinski definition) is 4. The fourth-order valence-electron chi connectivity index (χ4n) is 2.71. The van der Waals surface area contributed by atoms with Gasteiger partial charge in [-0.15, -0.1) is 0 Å². The summed E-state index contributed by atoms with van der Waals surface area (Å²) in [6.45, 7) is 0.515. The molecule has 0 fully saturated rings. The summed E-state index contributed by atoms with van der Waals surface area (Å²) in [5.41, 5.74) is 14.9. The number of nitrogens with two attached hydrogens (primary N) is 2. The highest BCUT2D eigenvalue weighted by Gasteiger charge is 2.11. The maximum absolute atomic E-state index is 12.6. The molecule has 0 heterocycles. The van der Waals surface area contributed by atoms with Crippen molar-refractivity contribution >= 4 is 29.1 Å². The number of carbonyl (C=O) groups is 2. The molecule has 2 amide bonds. The Balaban J connectivity index is 1.65. The zero-order valence-corrected chi connectivity index (χ0v) is 15.7. The van der Waals surface area contributed by atoms with Crippen LogP contribution in [0, 0.1) is 0 Å². The molecule has 6 N–H and O–H groups in total. The Bertz CT molecular complexity index is 1010. The van der Waals surface area contributed by atoms with Crippen molar-refractivity contribution in [2.75, 3.05) is 16.4 Å². The van der Waals surface area contributed by atoms with Crippen LogP contribution in [0.4, 0.5) is 21.9 Å².